The molecule has 0 unspecified atom stereocenters. The fourth-order valence-corrected chi connectivity index (χ4v) is 12.5. The summed E-state index contributed by atoms with van der Waals surface area (Å²) in [5.74, 6) is -5.12. The molecule has 3 aliphatic carbocycles. The van der Waals surface area contributed by atoms with Crippen LogP contribution >= 0.6 is 11.6 Å². The zero-order valence-electron chi connectivity index (χ0n) is 68.7. The number of carbonyl (C=O) groups is 4. The van der Waals surface area contributed by atoms with E-state index < -0.39 is 52.7 Å². The molecule has 0 radical (unpaired) electrons. The number of anilines is 20. The number of nitrogens with one attached hydrogen (secondary N) is 12. The van der Waals surface area contributed by atoms with Crippen molar-refractivity contribution in [1.29, 1.82) is 0 Å². The van der Waals surface area contributed by atoms with E-state index in [-0.39, 0.29) is 99.6 Å². The molecule has 4 amide bonds. The summed E-state index contributed by atoms with van der Waals surface area (Å²) in [6.07, 6.45) is 9.71. The Morgan fingerprint density at radius 2 is 0.736 bits per heavy atom. The van der Waals surface area contributed by atoms with Gasteiger partial charge < -0.3 is 88.9 Å². The number of nitrogens with two attached hydrogens (primary N) is 1. The first-order valence-electron chi connectivity index (χ1n) is 39.0. The molecule has 3 saturated carbocycles. The molecule has 39 heteroatoms. The first kappa shape index (κ1) is 94.0. The molecule has 666 valence electrons. The van der Waals surface area contributed by atoms with Gasteiger partial charge in [-0.3, -0.25) is 19.2 Å². The van der Waals surface area contributed by atoms with Crippen LogP contribution in [0.15, 0.2) is 257 Å². The molecule has 3 fully saturated rings. The van der Waals surface area contributed by atoms with Crippen molar-refractivity contribution in [3.05, 3.63) is 297 Å². The zero-order valence-corrected chi connectivity index (χ0v) is 69.4. The quantitative estimate of drug-likeness (QED) is 0.0142. The molecule has 2 bridgehead atoms. The molecule has 4 heterocycles. The second-order valence-electron chi connectivity index (χ2n) is 29.3. The van der Waals surface area contributed by atoms with E-state index in [0.717, 1.165) is 99.7 Å². The highest BCUT2D eigenvalue weighted by Gasteiger charge is 2.47. The number of hydrogen-bond acceptors (Lipinski definition) is 25. The van der Waals surface area contributed by atoms with Gasteiger partial charge in [-0.05, 0) is 210 Å². The zero-order chi connectivity index (χ0) is 92.4. The van der Waals surface area contributed by atoms with E-state index >= 15 is 0 Å². The van der Waals surface area contributed by atoms with Crippen molar-refractivity contribution >= 4 is 151 Å². The number of alkyl halides is 3. The third-order valence-corrected chi connectivity index (χ3v) is 19.0. The number of hydrogen-bond donors (Lipinski definition) is 14. The maximum Gasteiger partial charge on any atom is 0.573 e. The maximum atomic E-state index is 14.9. The van der Waals surface area contributed by atoms with Gasteiger partial charge in [0.05, 0.1) is 42.0 Å². The second kappa shape index (κ2) is 43.3. The Morgan fingerprint density at radius 1 is 0.411 bits per heavy atom. The van der Waals surface area contributed by atoms with Crippen LogP contribution in [0.5, 0.6) is 17.2 Å². The number of halogens is 10. The summed E-state index contributed by atoms with van der Waals surface area (Å²) >= 11 is 6.16. The molecule has 129 heavy (non-hydrogen) atoms. The highest BCUT2D eigenvalue weighted by Crippen LogP contribution is 2.51. The van der Waals surface area contributed by atoms with Crippen LogP contribution in [0, 0.1) is 40.3 Å². The van der Waals surface area contributed by atoms with Crippen LogP contribution < -0.4 is 83.7 Å². The van der Waals surface area contributed by atoms with Crippen LogP contribution in [0.25, 0.3) is 0 Å². The Labute approximate surface area is 737 Å². The number of rotatable bonds is 31. The number of amides is 4. The highest BCUT2D eigenvalue weighted by molar-refractivity contribution is 6.32. The Morgan fingerprint density at radius 3 is 1.09 bits per heavy atom. The predicted molar refractivity (Wildman–Crippen MR) is 477 cm³/mol. The van der Waals surface area contributed by atoms with E-state index in [2.05, 4.69) is 135 Å². The number of ether oxygens (including phenoxy) is 3. The highest BCUT2D eigenvalue weighted by atomic mass is 35.5. The molecule has 0 atom stereocenters. The third kappa shape index (κ3) is 29.2. The van der Waals surface area contributed by atoms with Crippen LogP contribution in [0.1, 0.15) is 52.4 Å². The molecule has 15 rings (SSSR count). The van der Waals surface area contributed by atoms with Crippen LogP contribution in [0.2, 0.25) is 5.02 Å². The van der Waals surface area contributed by atoms with Gasteiger partial charge in [-0.1, -0.05) is 68.2 Å². The second-order valence-corrected chi connectivity index (χ2v) is 29.7. The molecule has 15 N–H and O–H groups in total. The Hall–Kier alpha value is -15.7. The fraction of sp³-hybridized carbons (Fsp3) is 0.156. The number of aromatic nitrogens is 8. The maximum absolute atomic E-state index is 14.9. The molecule has 0 spiro atoms. The number of nitrogens with zero attached hydrogens (tertiary/aromatic N) is 8. The first-order valence-corrected chi connectivity index (χ1v) is 39.4. The fourth-order valence-electron chi connectivity index (χ4n) is 12.3. The van der Waals surface area contributed by atoms with E-state index in [1.807, 2.05) is 0 Å². The van der Waals surface area contributed by atoms with Crippen molar-refractivity contribution in [2.24, 2.45) is 11.1 Å². The largest absolute Gasteiger partial charge is 0.573 e. The number of carbonyl (C=O) groups excluding carboxylic acids is 4. The average molecular weight is 1790 g/mol. The van der Waals surface area contributed by atoms with Crippen LogP contribution in [0.3, 0.4) is 0 Å². The smallest absolute Gasteiger partial charge is 0.490 e. The SMILES string of the molecule is C=CC(=O)Nc1cccc(Nc2nc(Nc3ccc(Cl)c(OCC(C)(C)O)c3)ncc2F)c1.C=CC(=O)Nc1cccc(Nc2nc(Nc3ccc(F)cc3)ncc2F)c1.C=CC(=O)Nc1cccc(Nc2nc(Nc3ccc(OCC45CCC(N)(CC4)CC5)c(F)c3)ncc2F)c1.C=CC(=O)Nc1cccc(Nc2nc(Nc3cccc(OC(F)(F)F)c3)ncc2F)c1. The van der Waals surface area contributed by atoms with Gasteiger partial charge in [-0.15, -0.1) is 13.2 Å². The number of aliphatic hydroxyl groups is 1. The van der Waals surface area contributed by atoms with Crippen molar-refractivity contribution in [2.75, 3.05) is 77.0 Å². The van der Waals surface area contributed by atoms with Gasteiger partial charge in [0.25, 0.3) is 0 Å². The minimum absolute atomic E-state index is 0.0226. The van der Waals surface area contributed by atoms with Gasteiger partial charge in [0.2, 0.25) is 47.4 Å². The van der Waals surface area contributed by atoms with Crippen molar-refractivity contribution in [1.82, 2.24) is 39.9 Å². The monoisotopic (exact) mass is 1790 g/mol. The minimum atomic E-state index is -4.83. The Kier molecular flexibility index (Phi) is 31.5. The van der Waals surface area contributed by atoms with Gasteiger partial charge in [-0.25, -0.2) is 46.3 Å². The van der Waals surface area contributed by atoms with Crippen molar-refractivity contribution in [3.63, 3.8) is 0 Å². The van der Waals surface area contributed by atoms with Crippen LogP contribution in [-0.2, 0) is 19.2 Å². The van der Waals surface area contributed by atoms with Gasteiger partial charge in [0, 0.05) is 97.4 Å². The van der Waals surface area contributed by atoms with Crippen molar-refractivity contribution in [2.45, 2.75) is 69.9 Å². The summed E-state index contributed by atoms with van der Waals surface area (Å²) in [5, 5.41) is 43.4. The first-order chi connectivity index (χ1) is 61.6. The minimum Gasteiger partial charge on any atom is -0.490 e. The standard InChI is InChI=1S/C28H30F2N6O2.C23H23ClFN5O3.C20H15F4N5O2.C19H15F2N5O/c1-2-24(37)33-18-4-3-5-19(14-18)34-25-22(30)16-32-26(36-25)35-20-6-7-23(21(29)15-20)38-17-27-8-11-28(31,12-9-27)13-10-27;1-4-20(31)27-14-6-5-7-15(10-14)28-21-18(25)12-26-22(30-21)29-16-8-9-17(24)19(11-16)33-13-23(2,3)32;1-2-17(30)26-12-5-3-6-13(9-12)27-18-16(21)11-25-19(29-18)28-14-7-4-8-15(10-14)31-20(22,23)24;1-2-17(27)23-14-4-3-5-15(10-14)24-18-16(21)11-22-19(26-18)25-13-8-6-12(20)7-9-13/h2-7,14-16H,1,8-13,17,31H2,(H,33,37)(H2,32,34,35,36);4-12,32H,1,13H2,2-3H3,(H,27,31)(H2,26,28,29,30);2-11H,1H2,(H,26,30)(H2,25,27,28,29);2-11H,1H2,(H,23,27)(H2,22,24,25,26). The molecule has 4 aromatic heterocycles. The van der Waals surface area contributed by atoms with Crippen LogP contribution in [-0.4, -0.2) is 99.3 Å². The van der Waals surface area contributed by atoms with Gasteiger partial charge in [0.15, 0.2) is 58.1 Å². The summed E-state index contributed by atoms with van der Waals surface area (Å²) < 4.78 is 137. The molecule has 0 aliphatic heterocycles. The molecule has 0 saturated heterocycles. The summed E-state index contributed by atoms with van der Waals surface area (Å²) in [7, 11) is 0. The predicted octanol–water partition coefficient (Wildman–Crippen LogP) is 20.3. The number of fused-ring (bicyclic) bond motifs is 3. The van der Waals surface area contributed by atoms with E-state index in [4.69, 9.17) is 26.8 Å². The summed E-state index contributed by atoms with van der Waals surface area (Å²) in [6.45, 7) is 17.3. The van der Waals surface area contributed by atoms with E-state index in [1.165, 1.54) is 42.5 Å². The van der Waals surface area contributed by atoms with Crippen molar-refractivity contribution < 1.29 is 78.0 Å². The molecule has 3 aliphatic rings. The summed E-state index contributed by atoms with van der Waals surface area (Å²) in [4.78, 5) is 77.8. The average Bonchev–Trinajstić information content (AvgIpc) is 0.769. The molecular weight excluding hydrogens is 1710 g/mol. The Bertz CT molecular complexity index is 6040. The number of benzene rings is 8. The van der Waals surface area contributed by atoms with Crippen LogP contribution in [0.4, 0.5) is 155 Å². The van der Waals surface area contributed by atoms with Gasteiger partial charge >= 0.3 is 6.36 Å². The molecule has 8 aromatic carbocycles. The lowest BCUT2D eigenvalue weighted by Crippen LogP contribution is -2.53. The van der Waals surface area contributed by atoms with Gasteiger partial charge in [0.1, 0.15) is 23.9 Å². The molecule has 29 nitrogen and oxygen atoms in total. The molecule has 12 aromatic rings. The van der Waals surface area contributed by atoms with E-state index in [9.17, 15) is 63.8 Å². The topological polar surface area (TPSA) is 390 Å². The third-order valence-electron chi connectivity index (χ3n) is 18.7. The van der Waals surface area contributed by atoms with Crippen molar-refractivity contribution in [3.8, 4) is 17.2 Å². The lowest BCUT2D eigenvalue weighted by molar-refractivity contribution is -0.274. The molecular formula is C90H83ClF9N21O8. The van der Waals surface area contributed by atoms with E-state index in [0.29, 0.717) is 79.9 Å². The normalized spacial score (nSPS) is 14.0. The summed E-state index contributed by atoms with van der Waals surface area (Å²) in [5.41, 5.74) is 11.0. The van der Waals surface area contributed by atoms with E-state index in [1.54, 1.807) is 141 Å². The lowest BCUT2D eigenvalue weighted by Gasteiger charge is -2.51. The summed E-state index contributed by atoms with van der Waals surface area (Å²) in [6, 6.07) is 46.6. The lowest BCUT2D eigenvalue weighted by atomic mass is 9.58. The Balaban J connectivity index is 0.000000168. The van der Waals surface area contributed by atoms with Gasteiger partial charge in [-0.2, -0.15) is 19.9 Å².